The van der Waals surface area contributed by atoms with E-state index in [1.54, 1.807) is 13.3 Å². The average Bonchev–Trinajstić information content (AvgIpc) is 2.47. The molecule has 0 aliphatic carbocycles. The topological polar surface area (TPSA) is 51.4 Å². The summed E-state index contributed by atoms with van der Waals surface area (Å²) in [5.41, 5.74) is 8.99. The monoisotopic (exact) mass is 257 g/mol. The second kappa shape index (κ2) is 6.20. The second-order valence-electron chi connectivity index (χ2n) is 4.40. The third kappa shape index (κ3) is 3.23. The number of hydrogen-bond donors (Lipinski definition) is 1. The van der Waals surface area contributed by atoms with E-state index in [4.69, 9.17) is 10.5 Å². The molecule has 0 spiro atoms. The van der Waals surface area contributed by atoms with Crippen LogP contribution < -0.4 is 15.4 Å². The number of benzene rings is 1. The van der Waals surface area contributed by atoms with Crippen LogP contribution in [-0.4, -0.2) is 19.1 Å². The molecular weight excluding hydrogens is 238 g/mol. The summed E-state index contributed by atoms with van der Waals surface area (Å²) in [6.07, 6.45) is 1.73. The van der Waals surface area contributed by atoms with Crippen molar-refractivity contribution < 1.29 is 4.74 Å². The molecule has 19 heavy (non-hydrogen) atoms. The lowest BCUT2D eigenvalue weighted by Gasteiger charge is -2.20. The molecule has 0 amide bonds. The van der Waals surface area contributed by atoms with Gasteiger partial charge >= 0.3 is 0 Å². The highest BCUT2D eigenvalue weighted by Crippen LogP contribution is 2.20. The fourth-order valence-corrected chi connectivity index (χ4v) is 2.00. The van der Waals surface area contributed by atoms with E-state index in [0.717, 1.165) is 23.4 Å². The van der Waals surface area contributed by atoms with Gasteiger partial charge in [-0.2, -0.15) is 0 Å². The van der Waals surface area contributed by atoms with Gasteiger partial charge < -0.3 is 15.4 Å². The van der Waals surface area contributed by atoms with Crippen molar-refractivity contribution in [3.8, 4) is 5.88 Å². The van der Waals surface area contributed by atoms with Gasteiger partial charge in [-0.25, -0.2) is 4.98 Å². The van der Waals surface area contributed by atoms with E-state index in [1.165, 1.54) is 0 Å². The Labute approximate surface area is 113 Å². The molecular formula is C15H19N3O. The molecule has 0 atom stereocenters. The lowest BCUT2D eigenvalue weighted by molar-refractivity contribution is 0.392. The minimum atomic E-state index is 0.553. The first-order valence-electron chi connectivity index (χ1n) is 6.22. The Morgan fingerprint density at radius 1 is 1.26 bits per heavy atom. The Morgan fingerprint density at radius 2 is 2.11 bits per heavy atom. The number of rotatable bonds is 5. The molecule has 1 heterocycles. The molecule has 0 aliphatic rings. The van der Waals surface area contributed by atoms with Gasteiger partial charge in [-0.1, -0.05) is 18.2 Å². The van der Waals surface area contributed by atoms with Crippen molar-refractivity contribution in [3.63, 3.8) is 0 Å². The van der Waals surface area contributed by atoms with E-state index in [9.17, 15) is 0 Å². The first kappa shape index (κ1) is 13.4. The van der Waals surface area contributed by atoms with Crippen LogP contribution in [0.5, 0.6) is 5.88 Å². The van der Waals surface area contributed by atoms with Crippen molar-refractivity contribution in [3.05, 3.63) is 53.7 Å². The third-order valence-electron chi connectivity index (χ3n) is 3.04. The Hall–Kier alpha value is -2.07. The van der Waals surface area contributed by atoms with Crippen molar-refractivity contribution in [2.45, 2.75) is 13.1 Å². The lowest BCUT2D eigenvalue weighted by Crippen LogP contribution is -2.17. The number of nitrogens with two attached hydrogens (primary N) is 1. The molecule has 4 heteroatoms. The Bertz CT molecular complexity index is 542. The molecule has 0 saturated carbocycles. The molecule has 0 radical (unpaired) electrons. The van der Waals surface area contributed by atoms with E-state index < -0.39 is 0 Å². The van der Waals surface area contributed by atoms with Gasteiger partial charge in [0.1, 0.15) is 0 Å². The number of nitrogens with zero attached hydrogens (tertiary/aromatic N) is 2. The normalized spacial score (nSPS) is 10.3. The summed E-state index contributed by atoms with van der Waals surface area (Å²) in [5, 5.41) is 0. The van der Waals surface area contributed by atoms with Crippen molar-refractivity contribution >= 4 is 5.69 Å². The molecule has 4 nitrogen and oxygen atoms in total. The summed E-state index contributed by atoms with van der Waals surface area (Å²) in [4.78, 5) is 6.36. The minimum Gasteiger partial charge on any atom is -0.481 e. The Morgan fingerprint density at radius 3 is 2.84 bits per heavy atom. The summed E-state index contributed by atoms with van der Waals surface area (Å²) in [5.74, 6) is 0.671. The fourth-order valence-electron chi connectivity index (χ4n) is 2.00. The van der Waals surface area contributed by atoms with Gasteiger partial charge in [-0.3, -0.25) is 0 Å². The number of pyridine rings is 1. The van der Waals surface area contributed by atoms with E-state index in [2.05, 4.69) is 22.0 Å². The highest BCUT2D eigenvalue weighted by molar-refractivity contribution is 5.49. The SMILES string of the molecule is COc1ncccc1CN(C)c1cccc(CN)c1. The average molecular weight is 257 g/mol. The number of hydrogen-bond acceptors (Lipinski definition) is 4. The van der Waals surface area contributed by atoms with Gasteiger partial charge in [-0.05, 0) is 23.8 Å². The van der Waals surface area contributed by atoms with Crippen molar-refractivity contribution in [1.29, 1.82) is 0 Å². The van der Waals surface area contributed by atoms with Crippen LogP contribution in [0.2, 0.25) is 0 Å². The van der Waals surface area contributed by atoms with Crippen LogP contribution in [0, 0.1) is 0 Å². The molecule has 0 saturated heterocycles. The first-order valence-corrected chi connectivity index (χ1v) is 6.22. The van der Waals surface area contributed by atoms with Crippen LogP contribution in [0.15, 0.2) is 42.6 Å². The summed E-state index contributed by atoms with van der Waals surface area (Å²) < 4.78 is 5.27. The van der Waals surface area contributed by atoms with Crippen molar-refractivity contribution in [2.75, 3.05) is 19.1 Å². The van der Waals surface area contributed by atoms with E-state index in [-0.39, 0.29) is 0 Å². The molecule has 2 N–H and O–H groups in total. The molecule has 2 rings (SSSR count). The lowest BCUT2D eigenvalue weighted by atomic mass is 10.1. The van der Waals surface area contributed by atoms with Crippen molar-refractivity contribution in [2.24, 2.45) is 5.73 Å². The zero-order valence-corrected chi connectivity index (χ0v) is 11.3. The Kier molecular flexibility index (Phi) is 4.36. The summed E-state index contributed by atoms with van der Waals surface area (Å²) in [7, 11) is 3.68. The van der Waals surface area contributed by atoms with E-state index in [0.29, 0.717) is 12.4 Å². The molecule has 0 unspecified atom stereocenters. The number of ether oxygens (including phenoxy) is 1. The maximum atomic E-state index is 5.67. The van der Waals surface area contributed by atoms with Gasteiger partial charge in [0, 0.05) is 37.6 Å². The minimum absolute atomic E-state index is 0.553. The summed E-state index contributed by atoms with van der Waals surface area (Å²) in [6.45, 7) is 1.29. The quantitative estimate of drug-likeness (QED) is 0.892. The van der Waals surface area contributed by atoms with Crippen LogP contribution in [0.1, 0.15) is 11.1 Å². The smallest absolute Gasteiger partial charge is 0.218 e. The van der Waals surface area contributed by atoms with Gasteiger partial charge in [0.2, 0.25) is 5.88 Å². The zero-order chi connectivity index (χ0) is 13.7. The van der Waals surface area contributed by atoms with E-state index in [1.807, 2.05) is 31.3 Å². The van der Waals surface area contributed by atoms with Crippen molar-refractivity contribution in [1.82, 2.24) is 4.98 Å². The van der Waals surface area contributed by atoms with Gasteiger partial charge in [0.05, 0.1) is 7.11 Å². The molecule has 1 aromatic heterocycles. The van der Waals surface area contributed by atoms with Crippen LogP contribution in [0.3, 0.4) is 0 Å². The maximum Gasteiger partial charge on any atom is 0.218 e. The highest BCUT2D eigenvalue weighted by Gasteiger charge is 2.07. The van der Waals surface area contributed by atoms with Gasteiger partial charge in [-0.15, -0.1) is 0 Å². The molecule has 2 aromatic rings. The van der Waals surface area contributed by atoms with Gasteiger partial charge in [0.15, 0.2) is 0 Å². The first-order chi connectivity index (χ1) is 9.24. The van der Waals surface area contributed by atoms with Gasteiger partial charge in [0.25, 0.3) is 0 Å². The molecule has 100 valence electrons. The standard InChI is InChI=1S/C15H19N3O/c1-18(14-7-3-5-12(9-14)10-16)11-13-6-4-8-17-15(13)19-2/h3-9H,10-11,16H2,1-2H3. The molecule has 0 aliphatic heterocycles. The highest BCUT2D eigenvalue weighted by atomic mass is 16.5. The van der Waals surface area contributed by atoms with Crippen LogP contribution in [0.25, 0.3) is 0 Å². The predicted octanol–water partition coefficient (Wildman–Crippen LogP) is 2.19. The Balaban J connectivity index is 2.18. The number of anilines is 1. The molecule has 0 fully saturated rings. The molecule has 1 aromatic carbocycles. The zero-order valence-electron chi connectivity index (χ0n) is 11.3. The fraction of sp³-hybridized carbons (Fsp3) is 0.267. The van der Waals surface area contributed by atoms with Crippen LogP contribution in [0.4, 0.5) is 5.69 Å². The summed E-state index contributed by atoms with van der Waals surface area (Å²) in [6, 6.07) is 12.2. The van der Waals surface area contributed by atoms with Crippen LogP contribution >= 0.6 is 0 Å². The van der Waals surface area contributed by atoms with E-state index >= 15 is 0 Å². The third-order valence-corrected chi connectivity index (χ3v) is 3.04. The predicted molar refractivity (Wildman–Crippen MR) is 77.2 cm³/mol. The largest absolute Gasteiger partial charge is 0.481 e. The molecule has 0 bridgehead atoms. The number of aromatic nitrogens is 1. The maximum absolute atomic E-state index is 5.67. The number of methoxy groups -OCH3 is 1. The summed E-state index contributed by atoms with van der Waals surface area (Å²) >= 11 is 0. The second-order valence-corrected chi connectivity index (χ2v) is 4.40. The van der Waals surface area contributed by atoms with Crippen LogP contribution in [-0.2, 0) is 13.1 Å².